The van der Waals surface area contributed by atoms with Crippen LogP contribution in [0, 0.1) is 6.92 Å². The van der Waals surface area contributed by atoms with E-state index in [1.54, 1.807) is 7.11 Å². The fourth-order valence-electron chi connectivity index (χ4n) is 1.77. The predicted molar refractivity (Wildman–Crippen MR) is 72.8 cm³/mol. The van der Waals surface area contributed by atoms with Gasteiger partial charge >= 0.3 is 0 Å². The average molecular weight is 259 g/mol. The normalized spacial score (nSPS) is 12.2. The molecule has 1 unspecified atom stereocenters. The van der Waals surface area contributed by atoms with Crippen LogP contribution in [0.25, 0.3) is 11.3 Å². The molecule has 0 aliphatic carbocycles. The number of aliphatic hydroxyl groups is 1. The SMILES string of the molecule is COc1cccc(-c2cc(C)nc(C(N)CO)n2)c1. The summed E-state index contributed by atoms with van der Waals surface area (Å²) in [6.07, 6.45) is 0. The van der Waals surface area contributed by atoms with Crippen LogP contribution in [-0.4, -0.2) is 28.8 Å². The minimum Gasteiger partial charge on any atom is -0.497 e. The van der Waals surface area contributed by atoms with E-state index in [2.05, 4.69) is 9.97 Å². The molecule has 0 spiro atoms. The molecule has 19 heavy (non-hydrogen) atoms. The maximum absolute atomic E-state index is 9.10. The van der Waals surface area contributed by atoms with E-state index in [0.29, 0.717) is 5.82 Å². The number of hydrogen-bond donors (Lipinski definition) is 2. The molecule has 0 bridgehead atoms. The van der Waals surface area contributed by atoms with Crippen LogP contribution in [0.5, 0.6) is 5.75 Å². The number of hydrogen-bond acceptors (Lipinski definition) is 5. The molecule has 1 atom stereocenters. The fraction of sp³-hybridized carbons (Fsp3) is 0.286. The fourth-order valence-corrected chi connectivity index (χ4v) is 1.77. The molecule has 0 aliphatic heterocycles. The van der Waals surface area contributed by atoms with Crippen molar-refractivity contribution in [3.8, 4) is 17.0 Å². The summed E-state index contributed by atoms with van der Waals surface area (Å²) in [6.45, 7) is 1.69. The summed E-state index contributed by atoms with van der Waals surface area (Å²) in [4.78, 5) is 8.64. The summed E-state index contributed by atoms with van der Waals surface area (Å²) < 4.78 is 5.20. The number of aromatic nitrogens is 2. The molecule has 100 valence electrons. The van der Waals surface area contributed by atoms with Crippen LogP contribution in [0.3, 0.4) is 0 Å². The Hall–Kier alpha value is -1.98. The third kappa shape index (κ3) is 3.07. The number of nitrogens with two attached hydrogens (primary N) is 1. The van der Waals surface area contributed by atoms with Crippen molar-refractivity contribution in [1.29, 1.82) is 0 Å². The summed E-state index contributed by atoms with van der Waals surface area (Å²) in [5, 5.41) is 9.10. The summed E-state index contributed by atoms with van der Waals surface area (Å²) in [5.74, 6) is 1.21. The maximum Gasteiger partial charge on any atom is 0.148 e. The molecule has 0 amide bonds. The van der Waals surface area contributed by atoms with Crippen LogP contribution in [0.4, 0.5) is 0 Å². The van der Waals surface area contributed by atoms with Crippen molar-refractivity contribution in [2.45, 2.75) is 13.0 Å². The van der Waals surface area contributed by atoms with E-state index in [1.165, 1.54) is 0 Å². The smallest absolute Gasteiger partial charge is 0.148 e. The van der Waals surface area contributed by atoms with Crippen molar-refractivity contribution in [3.05, 3.63) is 41.9 Å². The zero-order valence-corrected chi connectivity index (χ0v) is 11.0. The van der Waals surface area contributed by atoms with E-state index in [4.69, 9.17) is 15.6 Å². The number of aryl methyl sites for hydroxylation is 1. The Labute approximate surface area is 112 Å². The molecule has 0 aliphatic rings. The maximum atomic E-state index is 9.10. The molecule has 0 radical (unpaired) electrons. The summed E-state index contributed by atoms with van der Waals surface area (Å²) in [5.41, 5.74) is 8.27. The Bertz CT molecular complexity index is 572. The lowest BCUT2D eigenvalue weighted by Gasteiger charge is -2.10. The van der Waals surface area contributed by atoms with E-state index >= 15 is 0 Å². The number of methoxy groups -OCH3 is 1. The van der Waals surface area contributed by atoms with Gasteiger partial charge in [-0.3, -0.25) is 0 Å². The Morgan fingerprint density at radius 3 is 2.79 bits per heavy atom. The summed E-state index contributed by atoms with van der Waals surface area (Å²) in [7, 11) is 1.62. The van der Waals surface area contributed by atoms with Crippen molar-refractivity contribution >= 4 is 0 Å². The lowest BCUT2D eigenvalue weighted by atomic mass is 10.1. The van der Waals surface area contributed by atoms with Crippen molar-refractivity contribution in [2.24, 2.45) is 5.73 Å². The standard InChI is InChI=1S/C14H17N3O2/c1-9-6-13(17-14(16-9)12(15)8-18)10-4-3-5-11(7-10)19-2/h3-7,12,18H,8,15H2,1-2H3. The molecule has 1 aromatic heterocycles. The lowest BCUT2D eigenvalue weighted by molar-refractivity contribution is 0.263. The highest BCUT2D eigenvalue weighted by molar-refractivity contribution is 5.61. The van der Waals surface area contributed by atoms with Gasteiger partial charge in [0.25, 0.3) is 0 Å². The molecule has 2 rings (SSSR count). The number of aliphatic hydroxyl groups excluding tert-OH is 1. The Balaban J connectivity index is 2.46. The van der Waals surface area contributed by atoms with Gasteiger partial charge in [-0.1, -0.05) is 12.1 Å². The van der Waals surface area contributed by atoms with Gasteiger partial charge in [0.2, 0.25) is 0 Å². The second-order valence-electron chi connectivity index (χ2n) is 4.27. The molecule has 5 nitrogen and oxygen atoms in total. The van der Waals surface area contributed by atoms with Crippen LogP contribution in [0.1, 0.15) is 17.6 Å². The van der Waals surface area contributed by atoms with Crippen LogP contribution in [0.2, 0.25) is 0 Å². The van der Waals surface area contributed by atoms with Crippen molar-refractivity contribution in [2.75, 3.05) is 13.7 Å². The summed E-state index contributed by atoms with van der Waals surface area (Å²) in [6, 6.07) is 8.93. The van der Waals surface area contributed by atoms with E-state index in [1.807, 2.05) is 37.3 Å². The predicted octanol–water partition coefficient (Wildman–Crippen LogP) is 1.45. The molecule has 2 aromatic rings. The highest BCUT2D eigenvalue weighted by atomic mass is 16.5. The van der Waals surface area contributed by atoms with Crippen molar-refractivity contribution in [3.63, 3.8) is 0 Å². The zero-order valence-electron chi connectivity index (χ0n) is 11.0. The molecule has 1 heterocycles. The van der Waals surface area contributed by atoms with Gasteiger partial charge in [0.1, 0.15) is 11.6 Å². The first-order valence-electron chi connectivity index (χ1n) is 6.00. The minimum absolute atomic E-state index is 0.180. The number of nitrogens with zero attached hydrogens (tertiary/aromatic N) is 2. The van der Waals surface area contributed by atoms with Gasteiger partial charge in [-0.25, -0.2) is 9.97 Å². The van der Waals surface area contributed by atoms with Gasteiger partial charge in [0.15, 0.2) is 0 Å². The van der Waals surface area contributed by atoms with Crippen LogP contribution < -0.4 is 10.5 Å². The Morgan fingerprint density at radius 1 is 1.32 bits per heavy atom. The Morgan fingerprint density at radius 2 is 2.11 bits per heavy atom. The quantitative estimate of drug-likeness (QED) is 0.868. The molecular weight excluding hydrogens is 242 g/mol. The minimum atomic E-state index is -0.566. The highest BCUT2D eigenvalue weighted by Crippen LogP contribution is 2.23. The van der Waals surface area contributed by atoms with Gasteiger partial charge in [-0.05, 0) is 25.1 Å². The first kappa shape index (κ1) is 13.5. The lowest BCUT2D eigenvalue weighted by Crippen LogP contribution is -2.18. The molecular formula is C14H17N3O2. The number of rotatable bonds is 4. The molecule has 3 N–H and O–H groups in total. The average Bonchev–Trinajstić information content (AvgIpc) is 2.45. The Kier molecular flexibility index (Phi) is 4.09. The van der Waals surface area contributed by atoms with Crippen molar-refractivity contribution < 1.29 is 9.84 Å². The first-order valence-corrected chi connectivity index (χ1v) is 6.00. The second-order valence-corrected chi connectivity index (χ2v) is 4.27. The van der Waals surface area contributed by atoms with Gasteiger partial charge in [-0.15, -0.1) is 0 Å². The third-order valence-electron chi connectivity index (χ3n) is 2.77. The van der Waals surface area contributed by atoms with E-state index in [0.717, 1.165) is 22.7 Å². The largest absolute Gasteiger partial charge is 0.497 e. The second kappa shape index (κ2) is 5.77. The number of ether oxygens (including phenoxy) is 1. The van der Waals surface area contributed by atoms with Gasteiger partial charge in [0, 0.05) is 11.3 Å². The monoisotopic (exact) mass is 259 g/mol. The first-order chi connectivity index (χ1) is 9.13. The van der Waals surface area contributed by atoms with Gasteiger partial charge in [0.05, 0.1) is 25.5 Å². The van der Waals surface area contributed by atoms with E-state index < -0.39 is 6.04 Å². The third-order valence-corrected chi connectivity index (χ3v) is 2.77. The van der Waals surface area contributed by atoms with E-state index in [-0.39, 0.29) is 6.61 Å². The molecule has 0 fully saturated rings. The van der Waals surface area contributed by atoms with Crippen LogP contribution in [-0.2, 0) is 0 Å². The van der Waals surface area contributed by atoms with Crippen LogP contribution in [0.15, 0.2) is 30.3 Å². The molecule has 5 heteroatoms. The highest BCUT2D eigenvalue weighted by Gasteiger charge is 2.11. The van der Waals surface area contributed by atoms with Crippen LogP contribution >= 0.6 is 0 Å². The zero-order chi connectivity index (χ0) is 13.8. The van der Waals surface area contributed by atoms with E-state index in [9.17, 15) is 0 Å². The number of benzene rings is 1. The molecule has 0 saturated heterocycles. The summed E-state index contributed by atoms with van der Waals surface area (Å²) >= 11 is 0. The van der Waals surface area contributed by atoms with Gasteiger partial charge < -0.3 is 15.6 Å². The molecule has 0 saturated carbocycles. The van der Waals surface area contributed by atoms with Crippen molar-refractivity contribution in [1.82, 2.24) is 9.97 Å². The molecule has 1 aromatic carbocycles. The van der Waals surface area contributed by atoms with Gasteiger partial charge in [-0.2, -0.15) is 0 Å². The topological polar surface area (TPSA) is 81.3 Å².